The van der Waals surface area contributed by atoms with Crippen LogP contribution in [-0.2, 0) is 9.59 Å². The summed E-state index contributed by atoms with van der Waals surface area (Å²) in [6.45, 7) is 1.55. The van der Waals surface area contributed by atoms with Crippen LogP contribution in [0.2, 0.25) is 0 Å². The van der Waals surface area contributed by atoms with Crippen molar-refractivity contribution in [1.29, 1.82) is 0 Å². The number of rotatable bonds is 3. The molecule has 0 aromatic heterocycles. The summed E-state index contributed by atoms with van der Waals surface area (Å²) in [6.07, 6.45) is 1.14. The van der Waals surface area contributed by atoms with Gasteiger partial charge in [-0.3, -0.25) is 24.2 Å². The highest BCUT2D eigenvalue weighted by molar-refractivity contribution is 9.10. The van der Waals surface area contributed by atoms with Gasteiger partial charge in [-0.2, -0.15) is 0 Å². The number of aliphatic carboxylic acids is 1. The third kappa shape index (κ3) is 2.66. The van der Waals surface area contributed by atoms with Crippen LogP contribution in [0.4, 0.5) is 5.69 Å². The van der Waals surface area contributed by atoms with Gasteiger partial charge >= 0.3 is 11.9 Å². The van der Waals surface area contributed by atoms with Crippen molar-refractivity contribution in [3.05, 3.63) is 28.2 Å². The maximum absolute atomic E-state index is 12.2. The number of Topliss-reactive ketones (excluding diaryl/α,β-unsaturated/α-hetero) is 1. The van der Waals surface area contributed by atoms with E-state index in [2.05, 4.69) is 15.9 Å². The van der Waals surface area contributed by atoms with Gasteiger partial charge < -0.3 is 5.11 Å². The van der Waals surface area contributed by atoms with E-state index >= 15 is 0 Å². The minimum Gasteiger partial charge on any atom is -0.481 e. The van der Waals surface area contributed by atoms with Crippen LogP contribution in [0.15, 0.2) is 22.7 Å². The second-order valence-corrected chi connectivity index (χ2v) is 6.51. The molecule has 2 heterocycles. The third-order valence-electron chi connectivity index (χ3n) is 4.21. The molecule has 2 aliphatic rings. The van der Waals surface area contributed by atoms with E-state index in [9.17, 15) is 14.4 Å². The highest BCUT2D eigenvalue weighted by Crippen LogP contribution is 2.32. The number of halogens is 1. The molecule has 0 spiro atoms. The van der Waals surface area contributed by atoms with E-state index in [1.165, 1.54) is 4.90 Å². The van der Waals surface area contributed by atoms with Gasteiger partial charge in [0.2, 0.25) is 0 Å². The topological polar surface area (TPSA) is 77.9 Å². The van der Waals surface area contributed by atoms with E-state index in [4.69, 9.17) is 5.11 Å². The van der Waals surface area contributed by atoms with E-state index in [1.807, 2.05) is 4.90 Å². The summed E-state index contributed by atoms with van der Waals surface area (Å²) in [6, 6.07) is 5.22. The lowest BCUT2D eigenvalue weighted by molar-refractivity contribution is -0.143. The lowest BCUT2D eigenvalue weighted by atomic mass is 9.97. The van der Waals surface area contributed by atoms with Crippen LogP contribution in [0.1, 0.15) is 23.2 Å². The number of carbonyl (C=O) groups is 3. The van der Waals surface area contributed by atoms with Crippen LogP contribution in [0.5, 0.6) is 0 Å². The van der Waals surface area contributed by atoms with Crippen molar-refractivity contribution in [2.75, 3.05) is 24.7 Å². The van der Waals surface area contributed by atoms with Gasteiger partial charge in [0.25, 0.3) is 5.78 Å². The number of nitrogens with zero attached hydrogens (tertiary/aromatic N) is 2. The number of carbonyl (C=O) groups excluding carboxylic acids is 2. The molecule has 22 heavy (non-hydrogen) atoms. The Kier molecular flexibility index (Phi) is 4.01. The SMILES string of the molecule is O=C1C(=O)N(CN2CCC(C(=O)O)CC2)c2ccc(Br)cc21. The first-order valence-electron chi connectivity index (χ1n) is 7.08. The minimum absolute atomic E-state index is 0.310. The van der Waals surface area contributed by atoms with E-state index in [0.717, 1.165) is 4.47 Å². The van der Waals surface area contributed by atoms with Crippen LogP contribution in [0.25, 0.3) is 0 Å². The van der Waals surface area contributed by atoms with Crippen molar-refractivity contribution in [2.45, 2.75) is 12.8 Å². The predicted molar refractivity (Wildman–Crippen MR) is 82.8 cm³/mol. The molecule has 3 rings (SSSR count). The van der Waals surface area contributed by atoms with Crippen molar-refractivity contribution < 1.29 is 19.5 Å². The number of ketones is 1. The van der Waals surface area contributed by atoms with Crippen molar-refractivity contribution in [3.63, 3.8) is 0 Å². The Morgan fingerprint density at radius 2 is 1.95 bits per heavy atom. The smallest absolute Gasteiger partial charge is 0.306 e. The summed E-state index contributed by atoms with van der Waals surface area (Å²) in [5.74, 6) is -2.08. The molecule has 0 aliphatic carbocycles. The third-order valence-corrected chi connectivity index (χ3v) is 4.70. The molecule has 116 valence electrons. The Morgan fingerprint density at radius 3 is 2.59 bits per heavy atom. The van der Waals surface area contributed by atoms with Crippen molar-refractivity contribution in [1.82, 2.24) is 4.90 Å². The molecule has 1 amide bonds. The average Bonchev–Trinajstić information content (AvgIpc) is 2.73. The fourth-order valence-corrected chi connectivity index (χ4v) is 3.30. The largest absolute Gasteiger partial charge is 0.481 e. The molecule has 0 bridgehead atoms. The van der Waals surface area contributed by atoms with Gasteiger partial charge in [0.05, 0.1) is 23.8 Å². The summed E-state index contributed by atoms with van der Waals surface area (Å²) < 4.78 is 0.761. The molecule has 1 saturated heterocycles. The first kappa shape index (κ1) is 15.2. The molecule has 7 heteroatoms. The quantitative estimate of drug-likeness (QED) is 0.824. The number of anilines is 1. The number of fused-ring (bicyclic) bond motifs is 1. The Morgan fingerprint density at radius 1 is 1.27 bits per heavy atom. The van der Waals surface area contributed by atoms with Crippen LogP contribution in [0.3, 0.4) is 0 Å². The number of hydrogen-bond acceptors (Lipinski definition) is 4. The summed E-state index contributed by atoms with van der Waals surface area (Å²) in [5.41, 5.74) is 1.04. The van der Waals surface area contributed by atoms with Gasteiger partial charge in [0.15, 0.2) is 0 Å². The molecular formula is C15H15BrN2O4. The number of amides is 1. The number of piperidine rings is 1. The van der Waals surface area contributed by atoms with Crippen molar-refractivity contribution >= 4 is 39.3 Å². The molecular weight excluding hydrogens is 352 g/mol. The van der Waals surface area contributed by atoms with Gasteiger partial charge in [0.1, 0.15) is 0 Å². The Bertz CT molecular complexity index is 653. The Labute approximate surface area is 135 Å². The van der Waals surface area contributed by atoms with E-state index in [1.54, 1.807) is 18.2 Å². The lowest BCUT2D eigenvalue weighted by Gasteiger charge is -2.33. The standard InChI is InChI=1S/C15H15BrN2O4/c16-10-1-2-12-11(7-10)13(19)14(20)18(12)8-17-5-3-9(4-6-17)15(21)22/h1-2,7,9H,3-6,8H2,(H,21,22). The lowest BCUT2D eigenvalue weighted by Crippen LogP contribution is -2.45. The fraction of sp³-hybridized carbons (Fsp3) is 0.400. The summed E-state index contributed by atoms with van der Waals surface area (Å²) in [5, 5.41) is 9.01. The molecule has 0 atom stereocenters. The zero-order valence-electron chi connectivity index (χ0n) is 11.8. The second kappa shape index (κ2) is 5.81. The van der Waals surface area contributed by atoms with Crippen LogP contribution < -0.4 is 4.90 Å². The molecule has 1 aromatic rings. The fourth-order valence-electron chi connectivity index (χ4n) is 2.93. The first-order valence-corrected chi connectivity index (χ1v) is 7.87. The van der Waals surface area contributed by atoms with Crippen LogP contribution in [-0.4, -0.2) is 47.4 Å². The Balaban J connectivity index is 1.73. The van der Waals surface area contributed by atoms with Gasteiger partial charge in [0, 0.05) is 17.6 Å². The summed E-state index contributed by atoms with van der Waals surface area (Å²) >= 11 is 3.30. The second-order valence-electron chi connectivity index (χ2n) is 5.60. The van der Waals surface area contributed by atoms with Crippen LogP contribution >= 0.6 is 15.9 Å². The first-order chi connectivity index (χ1) is 10.5. The minimum atomic E-state index is -0.762. The number of hydrogen-bond donors (Lipinski definition) is 1. The summed E-state index contributed by atoms with van der Waals surface area (Å²) in [7, 11) is 0. The van der Waals surface area contributed by atoms with E-state index in [0.29, 0.717) is 43.9 Å². The zero-order chi connectivity index (χ0) is 15.9. The van der Waals surface area contributed by atoms with Gasteiger partial charge in [-0.25, -0.2) is 0 Å². The average molecular weight is 367 g/mol. The monoisotopic (exact) mass is 366 g/mol. The van der Waals surface area contributed by atoms with Crippen molar-refractivity contribution in [2.24, 2.45) is 5.92 Å². The normalized spacial score (nSPS) is 19.6. The highest BCUT2D eigenvalue weighted by Gasteiger charge is 2.37. The zero-order valence-corrected chi connectivity index (χ0v) is 13.4. The number of likely N-dealkylation sites (tertiary alicyclic amines) is 1. The predicted octanol–water partition coefficient (Wildman–Crippen LogP) is 1.73. The molecule has 0 radical (unpaired) electrons. The van der Waals surface area contributed by atoms with Crippen LogP contribution in [0, 0.1) is 5.92 Å². The summed E-state index contributed by atoms with van der Waals surface area (Å²) in [4.78, 5) is 38.7. The Hall–Kier alpha value is -1.73. The molecule has 6 nitrogen and oxygen atoms in total. The van der Waals surface area contributed by atoms with Crippen molar-refractivity contribution in [3.8, 4) is 0 Å². The van der Waals surface area contributed by atoms with Gasteiger partial charge in [-0.05, 0) is 31.0 Å². The van der Waals surface area contributed by atoms with Gasteiger partial charge in [-0.15, -0.1) is 0 Å². The molecule has 0 unspecified atom stereocenters. The molecule has 2 aliphatic heterocycles. The number of carboxylic acids is 1. The molecule has 1 aromatic carbocycles. The molecule has 1 N–H and O–H groups in total. The maximum atomic E-state index is 12.2. The number of benzene rings is 1. The molecule has 1 fully saturated rings. The van der Waals surface area contributed by atoms with Gasteiger partial charge in [-0.1, -0.05) is 15.9 Å². The molecule has 0 saturated carbocycles. The van der Waals surface area contributed by atoms with E-state index in [-0.39, 0.29) is 5.92 Å². The van der Waals surface area contributed by atoms with E-state index < -0.39 is 17.7 Å². The highest BCUT2D eigenvalue weighted by atomic mass is 79.9. The maximum Gasteiger partial charge on any atom is 0.306 e. The number of carboxylic acid groups (broad SMARTS) is 1.